The van der Waals surface area contributed by atoms with Crippen LogP contribution in [0.25, 0.3) is 0 Å². The van der Waals surface area contributed by atoms with Crippen LogP contribution in [0.15, 0.2) is 24.3 Å². The zero-order valence-electron chi connectivity index (χ0n) is 12.6. The molecule has 4 nitrogen and oxygen atoms in total. The molecule has 1 aliphatic rings. The van der Waals surface area contributed by atoms with Gasteiger partial charge in [0.2, 0.25) is 5.91 Å². The number of carbonyl (C=O) groups is 1. The first kappa shape index (κ1) is 15.8. The van der Waals surface area contributed by atoms with Crippen molar-refractivity contribution in [2.45, 2.75) is 32.2 Å². The molecule has 0 bridgehead atoms. The third-order valence-corrected chi connectivity index (χ3v) is 3.92. The summed E-state index contributed by atoms with van der Waals surface area (Å²) in [6, 6.07) is 6.72. The first-order valence-corrected chi connectivity index (χ1v) is 7.64. The zero-order chi connectivity index (χ0) is 15.2. The predicted octanol–water partition coefficient (Wildman–Crippen LogP) is 1.99. The molecule has 1 amide bonds. The van der Waals surface area contributed by atoms with E-state index in [0.717, 1.165) is 12.8 Å². The summed E-state index contributed by atoms with van der Waals surface area (Å²) < 4.78 is 13.7. The van der Waals surface area contributed by atoms with Crippen LogP contribution in [0.1, 0.15) is 26.2 Å². The minimum atomic E-state index is -0.206. The van der Waals surface area contributed by atoms with E-state index in [1.54, 1.807) is 12.1 Å². The standard InChI is InChI=1S/C16H24FN3O/c1-2-5-13(18)12-16(21)20-10-8-19(9-11-20)15-7-4-3-6-14(15)17/h3-4,6-7,13H,2,5,8-12,18H2,1H3. The molecule has 0 saturated carbocycles. The number of halogens is 1. The SMILES string of the molecule is CCCC(N)CC(=O)N1CCN(c2ccccc2F)CC1. The van der Waals surface area contributed by atoms with Gasteiger partial charge in [0.1, 0.15) is 5.82 Å². The third-order valence-electron chi connectivity index (χ3n) is 3.92. The van der Waals surface area contributed by atoms with Crippen molar-refractivity contribution in [3.05, 3.63) is 30.1 Å². The van der Waals surface area contributed by atoms with Gasteiger partial charge in [-0.05, 0) is 18.6 Å². The van der Waals surface area contributed by atoms with Gasteiger partial charge in [0.15, 0.2) is 0 Å². The van der Waals surface area contributed by atoms with E-state index < -0.39 is 0 Å². The average molecular weight is 293 g/mol. The molecule has 1 unspecified atom stereocenters. The van der Waals surface area contributed by atoms with E-state index in [1.165, 1.54) is 6.07 Å². The minimum Gasteiger partial charge on any atom is -0.366 e. The lowest BCUT2D eigenvalue weighted by atomic mass is 10.1. The molecule has 1 heterocycles. The fourth-order valence-electron chi connectivity index (χ4n) is 2.73. The molecule has 1 aromatic carbocycles. The molecule has 116 valence electrons. The molecule has 2 rings (SSSR count). The molecular formula is C16H24FN3O. The lowest BCUT2D eigenvalue weighted by Crippen LogP contribution is -2.50. The molecule has 21 heavy (non-hydrogen) atoms. The number of nitrogens with two attached hydrogens (primary N) is 1. The number of amides is 1. The fraction of sp³-hybridized carbons (Fsp3) is 0.562. The first-order chi connectivity index (χ1) is 10.1. The largest absolute Gasteiger partial charge is 0.366 e. The summed E-state index contributed by atoms with van der Waals surface area (Å²) in [4.78, 5) is 16.0. The highest BCUT2D eigenvalue weighted by atomic mass is 19.1. The van der Waals surface area contributed by atoms with E-state index >= 15 is 0 Å². The van der Waals surface area contributed by atoms with Crippen LogP contribution in [-0.4, -0.2) is 43.0 Å². The number of nitrogens with zero attached hydrogens (tertiary/aromatic N) is 2. The molecule has 1 aliphatic heterocycles. The number of para-hydroxylation sites is 1. The van der Waals surface area contributed by atoms with Crippen LogP contribution in [0, 0.1) is 5.82 Å². The highest BCUT2D eigenvalue weighted by Gasteiger charge is 2.23. The molecular weight excluding hydrogens is 269 g/mol. The number of anilines is 1. The molecule has 1 saturated heterocycles. The van der Waals surface area contributed by atoms with Crippen LogP contribution < -0.4 is 10.6 Å². The van der Waals surface area contributed by atoms with Gasteiger partial charge in [-0.15, -0.1) is 0 Å². The summed E-state index contributed by atoms with van der Waals surface area (Å²) in [5.41, 5.74) is 6.54. The van der Waals surface area contributed by atoms with Crippen molar-refractivity contribution in [3.63, 3.8) is 0 Å². The summed E-state index contributed by atoms with van der Waals surface area (Å²) in [6.45, 7) is 4.65. The van der Waals surface area contributed by atoms with Crippen molar-refractivity contribution in [2.75, 3.05) is 31.1 Å². The van der Waals surface area contributed by atoms with Gasteiger partial charge in [-0.3, -0.25) is 4.79 Å². The lowest BCUT2D eigenvalue weighted by Gasteiger charge is -2.36. The van der Waals surface area contributed by atoms with Gasteiger partial charge in [-0.2, -0.15) is 0 Å². The Morgan fingerprint density at radius 3 is 2.57 bits per heavy atom. The number of rotatable bonds is 5. The zero-order valence-corrected chi connectivity index (χ0v) is 12.6. The quantitative estimate of drug-likeness (QED) is 0.903. The highest BCUT2D eigenvalue weighted by Crippen LogP contribution is 2.20. The third kappa shape index (κ3) is 4.17. The fourth-order valence-corrected chi connectivity index (χ4v) is 2.73. The van der Waals surface area contributed by atoms with E-state index in [2.05, 4.69) is 6.92 Å². The summed E-state index contributed by atoms with van der Waals surface area (Å²) in [7, 11) is 0. The maximum atomic E-state index is 13.7. The average Bonchev–Trinajstić information content (AvgIpc) is 2.48. The molecule has 0 aliphatic carbocycles. The second-order valence-corrected chi connectivity index (χ2v) is 5.57. The summed E-state index contributed by atoms with van der Waals surface area (Å²) in [5, 5.41) is 0. The van der Waals surface area contributed by atoms with Crippen molar-refractivity contribution in [2.24, 2.45) is 5.73 Å². The first-order valence-electron chi connectivity index (χ1n) is 7.64. The summed E-state index contributed by atoms with van der Waals surface area (Å²) in [5.74, 6) is -0.0913. The van der Waals surface area contributed by atoms with Crippen LogP contribution in [0.3, 0.4) is 0 Å². The van der Waals surface area contributed by atoms with Gasteiger partial charge in [0.25, 0.3) is 0 Å². The highest BCUT2D eigenvalue weighted by molar-refractivity contribution is 5.77. The van der Waals surface area contributed by atoms with Gasteiger partial charge < -0.3 is 15.5 Å². The Morgan fingerprint density at radius 2 is 1.95 bits per heavy atom. The molecule has 1 aromatic rings. The van der Waals surface area contributed by atoms with Crippen LogP contribution >= 0.6 is 0 Å². The predicted molar refractivity (Wildman–Crippen MR) is 82.7 cm³/mol. The number of carbonyl (C=O) groups excluding carboxylic acids is 1. The molecule has 5 heteroatoms. The summed E-state index contributed by atoms with van der Waals surface area (Å²) >= 11 is 0. The Kier molecular flexibility index (Phi) is 5.56. The van der Waals surface area contributed by atoms with Crippen LogP contribution in [0.5, 0.6) is 0 Å². The molecule has 0 aromatic heterocycles. The second-order valence-electron chi connectivity index (χ2n) is 5.57. The van der Waals surface area contributed by atoms with Crippen LogP contribution in [0.2, 0.25) is 0 Å². The molecule has 0 spiro atoms. The van der Waals surface area contributed by atoms with Gasteiger partial charge in [0.05, 0.1) is 5.69 Å². The van der Waals surface area contributed by atoms with Gasteiger partial charge in [-0.25, -0.2) is 4.39 Å². The molecule has 2 N–H and O–H groups in total. The number of hydrogen-bond donors (Lipinski definition) is 1. The Labute approximate surface area is 125 Å². The normalized spacial score (nSPS) is 16.9. The maximum absolute atomic E-state index is 13.7. The van der Waals surface area contributed by atoms with Crippen LogP contribution in [0.4, 0.5) is 10.1 Å². The Balaban J connectivity index is 1.86. The van der Waals surface area contributed by atoms with Gasteiger partial charge >= 0.3 is 0 Å². The molecule has 1 atom stereocenters. The lowest BCUT2D eigenvalue weighted by molar-refractivity contribution is -0.131. The maximum Gasteiger partial charge on any atom is 0.224 e. The Hall–Kier alpha value is -1.62. The topological polar surface area (TPSA) is 49.6 Å². The van der Waals surface area contributed by atoms with E-state index in [1.807, 2.05) is 15.9 Å². The van der Waals surface area contributed by atoms with Gasteiger partial charge in [-0.1, -0.05) is 25.5 Å². The Morgan fingerprint density at radius 1 is 1.29 bits per heavy atom. The van der Waals surface area contributed by atoms with Crippen molar-refractivity contribution < 1.29 is 9.18 Å². The summed E-state index contributed by atoms with van der Waals surface area (Å²) in [6.07, 6.45) is 2.28. The number of piperazine rings is 1. The number of benzene rings is 1. The monoisotopic (exact) mass is 293 g/mol. The van der Waals surface area contributed by atoms with E-state index in [4.69, 9.17) is 5.73 Å². The van der Waals surface area contributed by atoms with Crippen molar-refractivity contribution >= 4 is 11.6 Å². The smallest absolute Gasteiger partial charge is 0.224 e. The van der Waals surface area contributed by atoms with Crippen molar-refractivity contribution in [1.29, 1.82) is 0 Å². The van der Waals surface area contributed by atoms with Crippen LogP contribution in [-0.2, 0) is 4.79 Å². The Bertz CT molecular complexity index is 472. The van der Waals surface area contributed by atoms with Crippen molar-refractivity contribution in [3.8, 4) is 0 Å². The van der Waals surface area contributed by atoms with E-state index in [0.29, 0.717) is 38.3 Å². The van der Waals surface area contributed by atoms with E-state index in [-0.39, 0.29) is 17.8 Å². The number of hydrogen-bond acceptors (Lipinski definition) is 3. The van der Waals surface area contributed by atoms with Gasteiger partial charge in [0, 0.05) is 38.6 Å². The molecule has 0 radical (unpaired) electrons. The second kappa shape index (κ2) is 7.41. The van der Waals surface area contributed by atoms with E-state index in [9.17, 15) is 9.18 Å². The molecule has 1 fully saturated rings. The minimum absolute atomic E-state index is 0.0490. The van der Waals surface area contributed by atoms with Crippen molar-refractivity contribution in [1.82, 2.24) is 4.90 Å².